The minimum absolute atomic E-state index is 0. The highest BCUT2D eigenvalue weighted by molar-refractivity contribution is 14.0. The lowest BCUT2D eigenvalue weighted by atomic mass is 10.1. The average Bonchev–Trinajstić information content (AvgIpc) is 3.42. The minimum atomic E-state index is -0.741. The Hall–Kier alpha value is -1.62. The van der Waals surface area contributed by atoms with E-state index in [1.807, 2.05) is 0 Å². The maximum Gasteiger partial charge on any atom is 0.194 e. The number of guanidine groups is 1. The summed E-state index contributed by atoms with van der Waals surface area (Å²) >= 11 is 0. The molecule has 0 amide bonds. The van der Waals surface area contributed by atoms with Crippen LogP contribution in [0.5, 0.6) is 0 Å². The Morgan fingerprint density at radius 2 is 2.07 bits per heavy atom. The van der Waals surface area contributed by atoms with Crippen molar-refractivity contribution in [2.24, 2.45) is 4.99 Å². The molecule has 3 unspecified atom stereocenters. The number of nitrogens with zero attached hydrogens (tertiary/aromatic N) is 3. The second-order valence-electron chi connectivity index (χ2n) is 7.56. The Balaban J connectivity index is 0.00000256. The highest BCUT2D eigenvalue weighted by Gasteiger charge is 2.41. The molecule has 2 aromatic rings. The van der Waals surface area contributed by atoms with Crippen LogP contribution in [-0.2, 0) is 11.3 Å². The number of likely N-dealkylation sites (tertiary alicyclic amines) is 1. The molecular formula is C22H31IN4O3. The lowest BCUT2D eigenvalue weighted by Crippen LogP contribution is -2.50. The maximum atomic E-state index is 10.3. The molecule has 2 N–H and O–H groups in total. The quantitative estimate of drug-likeness (QED) is 0.343. The van der Waals surface area contributed by atoms with Gasteiger partial charge in [0.25, 0.3) is 0 Å². The molecular weight excluding hydrogens is 495 g/mol. The number of benzene rings is 1. The zero-order valence-electron chi connectivity index (χ0n) is 17.3. The summed E-state index contributed by atoms with van der Waals surface area (Å²) in [6.45, 7) is 7.39. The van der Waals surface area contributed by atoms with Crippen LogP contribution < -0.4 is 5.32 Å². The van der Waals surface area contributed by atoms with Crippen molar-refractivity contribution >= 4 is 29.9 Å². The molecule has 1 aromatic carbocycles. The van der Waals surface area contributed by atoms with Crippen molar-refractivity contribution in [1.29, 1.82) is 0 Å². The summed E-state index contributed by atoms with van der Waals surface area (Å²) in [7, 11) is 0. The topological polar surface area (TPSA) is 73.5 Å². The van der Waals surface area contributed by atoms with Gasteiger partial charge in [-0.1, -0.05) is 30.3 Å². The number of fused-ring (bicyclic) bond motifs is 1. The van der Waals surface area contributed by atoms with E-state index in [1.165, 1.54) is 5.56 Å². The Morgan fingerprint density at radius 1 is 1.23 bits per heavy atom. The molecule has 1 aromatic heterocycles. The molecule has 0 bridgehead atoms. The zero-order valence-corrected chi connectivity index (χ0v) is 19.6. The van der Waals surface area contributed by atoms with Crippen molar-refractivity contribution in [2.75, 3.05) is 39.3 Å². The number of halogens is 1. The maximum absolute atomic E-state index is 10.3. The van der Waals surface area contributed by atoms with Gasteiger partial charge in [0.2, 0.25) is 0 Å². The highest BCUT2D eigenvalue weighted by Crippen LogP contribution is 2.25. The van der Waals surface area contributed by atoms with E-state index in [0.29, 0.717) is 11.8 Å². The van der Waals surface area contributed by atoms with Crippen LogP contribution in [0.3, 0.4) is 0 Å². The van der Waals surface area contributed by atoms with Crippen LogP contribution >= 0.6 is 24.0 Å². The van der Waals surface area contributed by atoms with Gasteiger partial charge in [0.05, 0.1) is 31.6 Å². The molecule has 4 rings (SSSR count). The van der Waals surface area contributed by atoms with Gasteiger partial charge in [-0.15, -0.1) is 24.0 Å². The SMILES string of the molecule is CCNC(=NCC(O)c1ccco1)N1CC2OCCN(Cc3ccccc3)C2C1.I. The third-order valence-electron chi connectivity index (χ3n) is 5.56. The fraction of sp³-hybridized carbons (Fsp3) is 0.500. The minimum Gasteiger partial charge on any atom is -0.467 e. The fourth-order valence-corrected chi connectivity index (χ4v) is 4.12. The smallest absolute Gasteiger partial charge is 0.194 e. The summed E-state index contributed by atoms with van der Waals surface area (Å²) in [5.74, 6) is 1.35. The van der Waals surface area contributed by atoms with E-state index in [4.69, 9.17) is 9.15 Å². The van der Waals surface area contributed by atoms with Crippen molar-refractivity contribution in [3.63, 3.8) is 0 Å². The summed E-state index contributed by atoms with van der Waals surface area (Å²) in [6, 6.07) is 14.5. The summed E-state index contributed by atoms with van der Waals surface area (Å²) in [4.78, 5) is 9.43. The van der Waals surface area contributed by atoms with E-state index in [-0.39, 0.29) is 36.6 Å². The number of ether oxygens (including phenoxy) is 1. The van der Waals surface area contributed by atoms with Crippen LogP contribution in [0.2, 0.25) is 0 Å². The Labute approximate surface area is 195 Å². The molecule has 3 atom stereocenters. The van der Waals surface area contributed by atoms with E-state index in [2.05, 4.69) is 57.4 Å². The Morgan fingerprint density at radius 3 is 2.80 bits per heavy atom. The number of nitrogens with one attached hydrogen (secondary N) is 1. The van der Waals surface area contributed by atoms with Gasteiger partial charge in [-0.3, -0.25) is 4.90 Å². The number of aliphatic hydroxyl groups is 1. The first-order valence-electron chi connectivity index (χ1n) is 10.4. The molecule has 0 aliphatic carbocycles. The van der Waals surface area contributed by atoms with E-state index in [0.717, 1.165) is 45.3 Å². The second kappa shape index (κ2) is 11.1. The standard InChI is InChI=1S/C22H30N4O3.HI/c1-2-23-22(24-13-19(27)20-9-6-11-28-20)26-15-18-21(16-26)29-12-10-25(18)14-17-7-4-3-5-8-17;/h3-9,11,18-19,21,27H,2,10,12-16H2,1H3,(H,23,24);1H. The van der Waals surface area contributed by atoms with Gasteiger partial charge in [0.15, 0.2) is 5.96 Å². The summed E-state index contributed by atoms with van der Waals surface area (Å²) in [5.41, 5.74) is 1.33. The lowest BCUT2D eigenvalue weighted by molar-refractivity contribution is -0.0502. The van der Waals surface area contributed by atoms with Gasteiger partial charge in [0, 0.05) is 32.7 Å². The van der Waals surface area contributed by atoms with Gasteiger partial charge in [-0.25, -0.2) is 4.99 Å². The van der Waals surface area contributed by atoms with Crippen LogP contribution in [0, 0.1) is 0 Å². The van der Waals surface area contributed by atoms with Crippen molar-refractivity contribution in [1.82, 2.24) is 15.1 Å². The highest BCUT2D eigenvalue weighted by atomic mass is 127. The monoisotopic (exact) mass is 526 g/mol. The summed E-state index contributed by atoms with van der Waals surface area (Å²) in [5, 5.41) is 13.7. The number of hydrogen-bond donors (Lipinski definition) is 2. The van der Waals surface area contributed by atoms with Gasteiger partial charge in [-0.2, -0.15) is 0 Å². The molecule has 3 heterocycles. The van der Waals surface area contributed by atoms with E-state index < -0.39 is 6.10 Å². The molecule has 2 saturated heterocycles. The number of hydrogen-bond acceptors (Lipinski definition) is 5. The van der Waals surface area contributed by atoms with Crippen LogP contribution in [0.15, 0.2) is 58.1 Å². The number of aliphatic imine (C=N–C) groups is 1. The van der Waals surface area contributed by atoms with E-state index >= 15 is 0 Å². The van der Waals surface area contributed by atoms with Crippen LogP contribution in [0.25, 0.3) is 0 Å². The molecule has 2 aliphatic rings. The average molecular weight is 526 g/mol. The summed E-state index contributed by atoms with van der Waals surface area (Å²) < 4.78 is 11.4. The molecule has 30 heavy (non-hydrogen) atoms. The van der Waals surface area contributed by atoms with E-state index in [1.54, 1.807) is 18.4 Å². The van der Waals surface area contributed by atoms with Crippen LogP contribution in [-0.4, -0.2) is 72.3 Å². The molecule has 2 fully saturated rings. The molecule has 8 heteroatoms. The van der Waals surface area contributed by atoms with Crippen molar-refractivity contribution in [3.05, 3.63) is 60.1 Å². The number of morpholine rings is 1. The molecule has 0 spiro atoms. The lowest BCUT2D eigenvalue weighted by Gasteiger charge is -2.36. The van der Waals surface area contributed by atoms with Gasteiger partial charge < -0.3 is 24.5 Å². The largest absolute Gasteiger partial charge is 0.467 e. The predicted molar refractivity (Wildman–Crippen MR) is 127 cm³/mol. The molecule has 2 aliphatic heterocycles. The Bertz CT molecular complexity index is 787. The first kappa shape index (κ1) is 23.1. The zero-order chi connectivity index (χ0) is 20.1. The van der Waals surface area contributed by atoms with E-state index in [9.17, 15) is 5.11 Å². The first-order chi connectivity index (χ1) is 14.2. The van der Waals surface area contributed by atoms with Gasteiger partial charge in [-0.05, 0) is 24.6 Å². The Kier molecular flexibility index (Phi) is 8.55. The molecule has 164 valence electrons. The second-order valence-corrected chi connectivity index (χ2v) is 7.56. The molecule has 0 saturated carbocycles. The van der Waals surface area contributed by atoms with Crippen LogP contribution in [0.4, 0.5) is 0 Å². The molecule has 7 nitrogen and oxygen atoms in total. The third kappa shape index (κ3) is 5.54. The van der Waals surface area contributed by atoms with Crippen molar-refractivity contribution in [2.45, 2.75) is 31.7 Å². The van der Waals surface area contributed by atoms with Gasteiger partial charge >= 0.3 is 0 Å². The molecule has 0 radical (unpaired) electrons. The van der Waals surface area contributed by atoms with Crippen LogP contribution in [0.1, 0.15) is 24.4 Å². The first-order valence-corrected chi connectivity index (χ1v) is 10.4. The number of aliphatic hydroxyl groups excluding tert-OH is 1. The van der Waals surface area contributed by atoms with Gasteiger partial charge in [0.1, 0.15) is 11.9 Å². The number of furan rings is 1. The van der Waals surface area contributed by atoms with Crippen molar-refractivity contribution < 1.29 is 14.3 Å². The summed E-state index contributed by atoms with van der Waals surface area (Å²) in [6.07, 6.45) is 0.998. The third-order valence-corrected chi connectivity index (χ3v) is 5.56. The number of rotatable bonds is 6. The fourth-order valence-electron chi connectivity index (χ4n) is 4.12. The predicted octanol–water partition coefficient (Wildman–Crippen LogP) is 2.48. The normalized spacial score (nSPS) is 23.0. The van der Waals surface area contributed by atoms with Crippen molar-refractivity contribution in [3.8, 4) is 0 Å².